The van der Waals surface area contributed by atoms with Gasteiger partial charge in [0.1, 0.15) is 0 Å². The Bertz CT molecular complexity index is 534. The molecule has 2 rings (SSSR count). The van der Waals surface area contributed by atoms with E-state index in [0.29, 0.717) is 12.1 Å². The highest BCUT2D eigenvalue weighted by molar-refractivity contribution is 5.94. The van der Waals surface area contributed by atoms with Gasteiger partial charge in [0.05, 0.1) is 6.33 Å². The lowest BCUT2D eigenvalue weighted by Crippen LogP contribution is -2.25. The summed E-state index contributed by atoms with van der Waals surface area (Å²) >= 11 is 0. The molecule has 0 spiro atoms. The fourth-order valence-electron chi connectivity index (χ4n) is 1.99. The number of nitrogens with one attached hydrogen (secondary N) is 2. The molecule has 0 radical (unpaired) electrons. The van der Waals surface area contributed by atoms with E-state index in [1.54, 1.807) is 12.5 Å². The monoisotopic (exact) mass is 286 g/mol. The van der Waals surface area contributed by atoms with Gasteiger partial charge in [-0.1, -0.05) is 6.92 Å². The van der Waals surface area contributed by atoms with Crippen molar-refractivity contribution in [3.8, 4) is 0 Å². The molecule has 0 aliphatic rings. The molecule has 0 atom stereocenters. The minimum Gasteiger partial charge on any atom is -0.385 e. The van der Waals surface area contributed by atoms with Gasteiger partial charge < -0.3 is 15.2 Å². The first kappa shape index (κ1) is 15.1. The molecule has 2 aromatic rings. The van der Waals surface area contributed by atoms with E-state index in [1.165, 1.54) is 0 Å². The highest BCUT2D eigenvalue weighted by Crippen LogP contribution is 2.09. The molecular weight excluding hydrogens is 264 g/mol. The lowest BCUT2D eigenvalue weighted by molar-refractivity contribution is 0.0953. The molecule has 1 aromatic heterocycles. The van der Waals surface area contributed by atoms with Gasteiger partial charge in [-0.15, -0.1) is 0 Å². The molecule has 0 saturated heterocycles. The molecule has 1 heterocycles. The molecule has 2 N–H and O–H groups in total. The molecule has 0 bridgehead atoms. The summed E-state index contributed by atoms with van der Waals surface area (Å²) in [5.74, 6) is -0.0253. The van der Waals surface area contributed by atoms with Gasteiger partial charge in [0, 0.05) is 43.3 Å². The minimum atomic E-state index is -0.0253. The highest BCUT2D eigenvalue weighted by Gasteiger charge is 2.04. The summed E-state index contributed by atoms with van der Waals surface area (Å²) in [6.07, 6.45) is 7.43. The van der Waals surface area contributed by atoms with Crippen LogP contribution in [0.5, 0.6) is 0 Å². The number of carbonyl (C=O) groups excluding carboxylic acids is 1. The first-order valence-electron chi connectivity index (χ1n) is 7.37. The fourth-order valence-corrected chi connectivity index (χ4v) is 1.99. The fraction of sp³-hybridized carbons (Fsp3) is 0.375. The average Bonchev–Trinajstić information content (AvgIpc) is 3.03. The first-order chi connectivity index (χ1) is 10.3. The predicted molar refractivity (Wildman–Crippen MR) is 84.4 cm³/mol. The van der Waals surface area contributed by atoms with E-state index < -0.39 is 0 Å². The molecule has 0 aliphatic carbocycles. The number of rotatable bonds is 8. The number of carbonyl (C=O) groups is 1. The predicted octanol–water partition coefficient (Wildman–Crippen LogP) is 2.53. The zero-order valence-corrected chi connectivity index (χ0v) is 12.4. The number of amides is 1. The molecule has 5 nitrogen and oxygen atoms in total. The van der Waals surface area contributed by atoms with E-state index in [0.717, 1.165) is 31.6 Å². The van der Waals surface area contributed by atoms with Crippen LogP contribution >= 0.6 is 0 Å². The Labute approximate surface area is 125 Å². The van der Waals surface area contributed by atoms with Gasteiger partial charge in [-0.25, -0.2) is 4.98 Å². The third-order valence-electron chi connectivity index (χ3n) is 3.16. The van der Waals surface area contributed by atoms with Crippen LogP contribution in [-0.2, 0) is 6.54 Å². The molecule has 0 unspecified atom stereocenters. The summed E-state index contributed by atoms with van der Waals surface area (Å²) in [5.41, 5.74) is 1.74. The average molecular weight is 286 g/mol. The smallest absolute Gasteiger partial charge is 0.251 e. The van der Waals surface area contributed by atoms with Crippen LogP contribution in [0.4, 0.5) is 5.69 Å². The van der Waals surface area contributed by atoms with Crippen molar-refractivity contribution in [2.45, 2.75) is 26.3 Å². The zero-order chi connectivity index (χ0) is 14.9. The Morgan fingerprint density at radius 3 is 2.71 bits per heavy atom. The van der Waals surface area contributed by atoms with Gasteiger partial charge in [-0.3, -0.25) is 4.79 Å². The normalized spacial score (nSPS) is 10.3. The Morgan fingerprint density at radius 1 is 1.24 bits per heavy atom. The summed E-state index contributed by atoms with van der Waals surface area (Å²) in [4.78, 5) is 16.0. The summed E-state index contributed by atoms with van der Waals surface area (Å²) in [6.45, 7) is 4.59. The van der Waals surface area contributed by atoms with Crippen molar-refractivity contribution < 1.29 is 4.79 Å². The van der Waals surface area contributed by atoms with Crippen LogP contribution in [-0.4, -0.2) is 28.5 Å². The van der Waals surface area contributed by atoms with E-state index in [1.807, 2.05) is 35.0 Å². The number of imidazole rings is 1. The van der Waals surface area contributed by atoms with Crippen LogP contribution in [0, 0.1) is 0 Å². The van der Waals surface area contributed by atoms with E-state index >= 15 is 0 Å². The molecule has 0 aliphatic heterocycles. The van der Waals surface area contributed by atoms with Crippen molar-refractivity contribution >= 4 is 11.6 Å². The van der Waals surface area contributed by atoms with Gasteiger partial charge in [0.2, 0.25) is 0 Å². The largest absolute Gasteiger partial charge is 0.385 e. The van der Waals surface area contributed by atoms with Crippen LogP contribution in [0.15, 0.2) is 43.0 Å². The topological polar surface area (TPSA) is 59.0 Å². The number of aryl methyl sites for hydroxylation is 1. The van der Waals surface area contributed by atoms with Crippen molar-refractivity contribution in [2.75, 3.05) is 18.4 Å². The summed E-state index contributed by atoms with van der Waals surface area (Å²) in [7, 11) is 0. The number of aromatic nitrogens is 2. The van der Waals surface area contributed by atoms with Crippen molar-refractivity contribution in [2.24, 2.45) is 0 Å². The molecule has 21 heavy (non-hydrogen) atoms. The Morgan fingerprint density at radius 2 is 2.05 bits per heavy atom. The van der Waals surface area contributed by atoms with Crippen LogP contribution < -0.4 is 10.6 Å². The van der Waals surface area contributed by atoms with Crippen molar-refractivity contribution in [1.82, 2.24) is 14.9 Å². The molecular formula is C16H22N4O. The number of hydrogen-bond donors (Lipinski definition) is 2. The number of nitrogens with zero attached hydrogens (tertiary/aromatic N) is 2. The van der Waals surface area contributed by atoms with Crippen LogP contribution in [0.3, 0.4) is 0 Å². The van der Waals surface area contributed by atoms with Gasteiger partial charge in [-0.05, 0) is 37.1 Å². The van der Waals surface area contributed by atoms with Crippen molar-refractivity contribution in [3.63, 3.8) is 0 Å². The zero-order valence-electron chi connectivity index (χ0n) is 12.4. The summed E-state index contributed by atoms with van der Waals surface area (Å²) in [6, 6.07) is 7.58. The van der Waals surface area contributed by atoms with E-state index in [4.69, 9.17) is 0 Å². The maximum absolute atomic E-state index is 12.0. The van der Waals surface area contributed by atoms with Gasteiger partial charge in [0.15, 0.2) is 0 Å². The first-order valence-corrected chi connectivity index (χ1v) is 7.37. The van der Waals surface area contributed by atoms with Crippen LogP contribution in [0.1, 0.15) is 30.1 Å². The second kappa shape index (κ2) is 8.09. The van der Waals surface area contributed by atoms with E-state index in [2.05, 4.69) is 22.5 Å². The second-order valence-corrected chi connectivity index (χ2v) is 4.91. The molecule has 112 valence electrons. The van der Waals surface area contributed by atoms with E-state index in [9.17, 15) is 4.79 Å². The van der Waals surface area contributed by atoms with Crippen LogP contribution in [0.25, 0.3) is 0 Å². The molecule has 5 heteroatoms. The molecule has 0 fully saturated rings. The maximum atomic E-state index is 12.0. The third kappa shape index (κ3) is 4.95. The van der Waals surface area contributed by atoms with Gasteiger partial charge >= 0.3 is 0 Å². The molecule has 1 amide bonds. The summed E-state index contributed by atoms with van der Waals surface area (Å²) in [5, 5.41) is 6.22. The highest BCUT2D eigenvalue weighted by atomic mass is 16.1. The van der Waals surface area contributed by atoms with Crippen molar-refractivity contribution in [1.29, 1.82) is 0 Å². The van der Waals surface area contributed by atoms with Gasteiger partial charge in [0.25, 0.3) is 5.91 Å². The Hall–Kier alpha value is -2.30. The lowest BCUT2D eigenvalue weighted by Gasteiger charge is -2.08. The minimum absolute atomic E-state index is 0.0253. The van der Waals surface area contributed by atoms with E-state index in [-0.39, 0.29) is 5.91 Å². The Kier molecular flexibility index (Phi) is 5.82. The Balaban J connectivity index is 1.72. The number of anilines is 1. The quantitative estimate of drug-likeness (QED) is 0.733. The standard InChI is InChI=1S/C16H22N4O/c1-2-8-18-15-6-4-14(5-7-15)16(21)19-9-3-11-20-12-10-17-13-20/h4-7,10,12-13,18H,2-3,8-9,11H2,1H3,(H,19,21). The SMILES string of the molecule is CCCNc1ccc(C(=O)NCCCn2ccnc2)cc1. The number of benzene rings is 1. The third-order valence-corrected chi connectivity index (χ3v) is 3.16. The molecule has 1 aromatic carbocycles. The lowest BCUT2D eigenvalue weighted by atomic mass is 10.2. The summed E-state index contributed by atoms with van der Waals surface area (Å²) < 4.78 is 2.00. The van der Waals surface area contributed by atoms with Crippen molar-refractivity contribution in [3.05, 3.63) is 48.5 Å². The maximum Gasteiger partial charge on any atom is 0.251 e. The second-order valence-electron chi connectivity index (χ2n) is 4.91. The van der Waals surface area contributed by atoms with Gasteiger partial charge in [-0.2, -0.15) is 0 Å². The van der Waals surface area contributed by atoms with Crippen LogP contribution in [0.2, 0.25) is 0 Å². The number of hydrogen-bond acceptors (Lipinski definition) is 3. The molecule has 0 saturated carbocycles.